The van der Waals surface area contributed by atoms with Gasteiger partial charge in [-0.25, -0.2) is 4.98 Å². The number of carbonyl (C=O) groups excluding carboxylic acids is 1. The quantitative estimate of drug-likeness (QED) is 0.789. The molecule has 2 aromatic heterocycles. The molecule has 1 N–H and O–H groups in total. The third-order valence-corrected chi connectivity index (χ3v) is 3.89. The van der Waals surface area contributed by atoms with Crippen LogP contribution in [0.1, 0.15) is 11.7 Å². The number of hydrogen-bond donors (Lipinski definition) is 1. The molecule has 0 saturated carbocycles. The number of fused-ring (bicyclic) bond motifs is 1. The summed E-state index contributed by atoms with van der Waals surface area (Å²) in [4.78, 5) is 21.9. The third-order valence-electron chi connectivity index (χ3n) is 3.89. The minimum absolute atomic E-state index is 0.103. The fraction of sp³-hybridized carbons (Fsp3) is 0.267. The average molecular weight is 281 g/mol. The van der Waals surface area contributed by atoms with Crippen molar-refractivity contribution in [2.75, 3.05) is 13.1 Å². The van der Waals surface area contributed by atoms with Gasteiger partial charge in [0.1, 0.15) is 12.4 Å². The summed E-state index contributed by atoms with van der Waals surface area (Å²) in [5.41, 5.74) is 2.03. The van der Waals surface area contributed by atoms with Crippen molar-refractivity contribution in [2.24, 2.45) is 0 Å². The number of nitrogens with zero attached hydrogens (tertiary/aromatic N) is 4. The van der Waals surface area contributed by atoms with E-state index in [1.807, 2.05) is 35.2 Å². The highest BCUT2D eigenvalue weighted by atomic mass is 16.2. The first-order valence-corrected chi connectivity index (χ1v) is 6.99. The van der Waals surface area contributed by atoms with Crippen LogP contribution in [0.2, 0.25) is 0 Å². The van der Waals surface area contributed by atoms with Gasteiger partial charge in [-0.2, -0.15) is 5.10 Å². The van der Waals surface area contributed by atoms with Crippen molar-refractivity contribution in [2.45, 2.75) is 12.5 Å². The van der Waals surface area contributed by atoms with Crippen LogP contribution in [0, 0.1) is 0 Å². The number of rotatable bonds is 3. The SMILES string of the molecule is O=C(Cn1cccn1)N1CC(c2nc3ccccc3[nH]2)C1. The third kappa shape index (κ3) is 2.18. The molecular weight excluding hydrogens is 266 g/mol. The van der Waals surface area contributed by atoms with Gasteiger partial charge in [0.2, 0.25) is 5.91 Å². The maximum Gasteiger partial charge on any atom is 0.244 e. The van der Waals surface area contributed by atoms with E-state index in [2.05, 4.69) is 15.1 Å². The average Bonchev–Trinajstić information content (AvgIpc) is 3.05. The predicted octanol–water partition coefficient (Wildman–Crippen LogP) is 1.39. The normalized spacial score (nSPS) is 15.3. The van der Waals surface area contributed by atoms with E-state index in [4.69, 9.17) is 0 Å². The van der Waals surface area contributed by atoms with Crippen LogP contribution in [0.3, 0.4) is 0 Å². The fourth-order valence-corrected chi connectivity index (χ4v) is 2.65. The molecule has 1 saturated heterocycles. The Morgan fingerprint density at radius 1 is 1.29 bits per heavy atom. The summed E-state index contributed by atoms with van der Waals surface area (Å²) >= 11 is 0. The molecule has 106 valence electrons. The summed E-state index contributed by atoms with van der Waals surface area (Å²) in [6, 6.07) is 9.80. The summed E-state index contributed by atoms with van der Waals surface area (Å²) in [5.74, 6) is 1.38. The van der Waals surface area contributed by atoms with E-state index in [1.54, 1.807) is 17.1 Å². The van der Waals surface area contributed by atoms with Crippen molar-refractivity contribution in [3.8, 4) is 0 Å². The van der Waals surface area contributed by atoms with Crippen LogP contribution >= 0.6 is 0 Å². The van der Waals surface area contributed by atoms with Gasteiger partial charge in [0.15, 0.2) is 0 Å². The number of amides is 1. The maximum absolute atomic E-state index is 12.1. The second-order valence-electron chi connectivity index (χ2n) is 5.34. The Bertz CT molecular complexity index is 737. The van der Waals surface area contributed by atoms with Gasteiger partial charge in [-0.1, -0.05) is 12.1 Å². The molecule has 0 bridgehead atoms. The number of para-hydroxylation sites is 2. The van der Waals surface area contributed by atoms with Crippen molar-refractivity contribution in [3.63, 3.8) is 0 Å². The van der Waals surface area contributed by atoms with E-state index in [0.717, 1.165) is 29.9 Å². The highest BCUT2D eigenvalue weighted by Gasteiger charge is 2.33. The Kier molecular flexibility index (Phi) is 2.73. The molecule has 1 aromatic carbocycles. The minimum atomic E-state index is 0.103. The first kappa shape index (κ1) is 12.1. The van der Waals surface area contributed by atoms with Crippen molar-refractivity contribution >= 4 is 16.9 Å². The second kappa shape index (κ2) is 4.73. The van der Waals surface area contributed by atoms with Crippen molar-refractivity contribution < 1.29 is 4.79 Å². The Balaban J connectivity index is 1.41. The van der Waals surface area contributed by atoms with Gasteiger partial charge in [-0.05, 0) is 18.2 Å². The molecule has 3 heterocycles. The van der Waals surface area contributed by atoms with Crippen molar-refractivity contribution in [1.29, 1.82) is 0 Å². The largest absolute Gasteiger partial charge is 0.342 e. The van der Waals surface area contributed by atoms with Crippen LogP contribution in [-0.4, -0.2) is 43.6 Å². The number of hydrogen-bond acceptors (Lipinski definition) is 3. The molecule has 1 fully saturated rings. The summed E-state index contributed by atoms with van der Waals surface area (Å²) in [6.45, 7) is 1.75. The Morgan fingerprint density at radius 3 is 2.90 bits per heavy atom. The predicted molar refractivity (Wildman–Crippen MR) is 77.6 cm³/mol. The number of nitrogens with one attached hydrogen (secondary N) is 1. The minimum Gasteiger partial charge on any atom is -0.342 e. The molecule has 0 atom stereocenters. The molecule has 4 rings (SSSR count). The standard InChI is InChI=1S/C15H15N5O/c21-14(10-20-7-3-6-16-20)19-8-11(9-19)15-17-12-4-1-2-5-13(12)18-15/h1-7,11H,8-10H2,(H,17,18). The molecule has 1 aliphatic heterocycles. The summed E-state index contributed by atoms with van der Waals surface area (Å²) < 4.78 is 1.65. The van der Waals surface area contributed by atoms with Gasteiger partial charge in [-0.3, -0.25) is 9.48 Å². The summed E-state index contributed by atoms with van der Waals surface area (Å²) in [6.07, 6.45) is 3.48. The molecule has 3 aromatic rings. The zero-order valence-electron chi connectivity index (χ0n) is 11.4. The van der Waals surface area contributed by atoms with E-state index in [9.17, 15) is 4.79 Å². The Labute approximate surface area is 121 Å². The van der Waals surface area contributed by atoms with Crippen LogP contribution < -0.4 is 0 Å². The van der Waals surface area contributed by atoms with Gasteiger partial charge >= 0.3 is 0 Å². The highest BCUT2D eigenvalue weighted by Crippen LogP contribution is 2.26. The lowest BCUT2D eigenvalue weighted by molar-refractivity contribution is -0.136. The number of carbonyl (C=O) groups is 1. The number of H-pyrrole nitrogens is 1. The molecule has 6 nitrogen and oxygen atoms in total. The number of benzene rings is 1. The number of imidazole rings is 1. The van der Waals surface area contributed by atoms with Crippen LogP contribution in [-0.2, 0) is 11.3 Å². The van der Waals surface area contributed by atoms with E-state index < -0.39 is 0 Å². The van der Waals surface area contributed by atoms with Crippen LogP contribution in [0.5, 0.6) is 0 Å². The van der Waals surface area contributed by atoms with E-state index in [0.29, 0.717) is 12.5 Å². The number of aromatic nitrogens is 4. The molecule has 0 spiro atoms. The van der Waals surface area contributed by atoms with Crippen LogP contribution in [0.4, 0.5) is 0 Å². The molecule has 0 aliphatic carbocycles. The zero-order chi connectivity index (χ0) is 14.2. The Morgan fingerprint density at radius 2 is 2.14 bits per heavy atom. The topological polar surface area (TPSA) is 66.8 Å². The van der Waals surface area contributed by atoms with Crippen LogP contribution in [0.25, 0.3) is 11.0 Å². The van der Waals surface area contributed by atoms with Gasteiger partial charge in [0.25, 0.3) is 0 Å². The highest BCUT2D eigenvalue weighted by molar-refractivity contribution is 5.77. The molecule has 0 unspecified atom stereocenters. The lowest BCUT2D eigenvalue weighted by Gasteiger charge is -2.38. The van der Waals surface area contributed by atoms with Gasteiger partial charge in [0.05, 0.1) is 17.0 Å². The first-order chi connectivity index (χ1) is 10.3. The lowest BCUT2D eigenvalue weighted by atomic mass is 9.99. The molecule has 21 heavy (non-hydrogen) atoms. The summed E-state index contributed by atoms with van der Waals surface area (Å²) in [7, 11) is 0. The maximum atomic E-state index is 12.1. The molecular formula is C15H15N5O. The molecule has 6 heteroatoms. The van der Waals surface area contributed by atoms with E-state index >= 15 is 0 Å². The molecule has 0 radical (unpaired) electrons. The van der Waals surface area contributed by atoms with Gasteiger partial charge in [-0.15, -0.1) is 0 Å². The smallest absolute Gasteiger partial charge is 0.244 e. The number of aromatic amines is 1. The van der Waals surface area contributed by atoms with Crippen LogP contribution in [0.15, 0.2) is 42.7 Å². The molecule has 1 aliphatic rings. The van der Waals surface area contributed by atoms with E-state index in [-0.39, 0.29) is 5.91 Å². The van der Waals surface area contributed by atoms with Gasteiger partial charge in [0, 0.05) is 25.5 Å². The summed E-state index contributed by atoms with van der Waals surface area (Å²) in [5, 5.41) is 4.05. The van der Waals surface area contributed by atoms with Crippen molar-refractivity contribution in [1.82, 2.24) is 24.6 Å². The van der Waals surface area contributed by atoms with E-state index in [1.165, 1.54) is 0 Å². The fourth-order valence-electron chi connectivity index (χ4n) is 2.65. The second-order valence-corrected chi connectivity index (χ2v) is 5.34. The molecule has 1 amide bonds. The zero-order valence-corrected chi connectivity index (χ0v) is 11.4. The van der Waals surface area contributed by atoms with Gasteiger partial charge < -0.3 is 9.88 Å². The Hall–Kier alpha value is -2.63. The lowest BCUT2D eigenvalue weighted by Crippen LogP contribution is -2.50. The number of likely N-dealkylation sites (tertiary alicyclic amines) is 1. The monoisotopic (exact) mass is 281 g/mol. The van der Waals surface area contributed by atoms with Crippen molar-refractivity contribution in [3.05, 3.63) is 48.5 Å². The first-order valence-electron chi connectivity index (χ1n) is 6.99.